The standard InChI is InChI=1S/C21H38N/c1-3-5-6-7-8-9-10-11-12-13-14-15-17-21-18-16-19-22(4-2)20-21/h16,18-20H,3-15,17H2,1-2H3/q+1. The van der Waals surface area contributed by atoms with Crippen molar-refractivity contribution in [2.75, 3.05) is 0 Å². The molecule has 0 spiro atoms. The molecule has 1 heteroatoms. The number of hydrogen-bond acceptors (Lipinski definition) is 0. The van der Waals surface area contributed by atoms with Gasteiger partial charge in [-0.2, -0.15) is 0 Å². The molecule has 0 amide bonds. The molecule has 126 valence electrons. The van der Waals surface area contributed by atoms with Crippen molar-refractivity contribution < 1.29 is 4.57 Å². The highest BCUT2D eigenvalue weighted by Gasteiger charge is 2.00. The Bertz CT molecular complexity index is 359. The van der Waals surface area contributed by atoms with E-state index < -0.39 is 0 Å². The van der Waals surface area contributed by atoms with Crippen molar-refractivity contribution in [1.29, 1.82) is 0 Å². The molecule has 1 heterocycles. The molecule has 0 saturated heterocycles. The van der Waals surface area contributed by atoms with Crippen molar-refractivity contribution in [2.24, 2.45) is 0 Å². The number of nitrogens with zero attached hydrogens (tertiary/aromatic N) is 1. The fourth-order valence-electron chi connectivity index (χ4n) is 3.09. The molecule has 0 fully saturated rings. The summed E-state index contributed by atoms with van der Waals surface area (Å²) in [5.41, 5.74) is 1.50. The second-order valence-electron chi connectivity index (χ2n) is 6.68. The van der Waals surface area contributed by atoms with E-state index in [2.05, 4.69) is 42.9 Å². The SMILES string of the molecule is CCCCCCCCCCCCCCc1ccc[n+](CC)c1. The minimum Gasteiger partial charge on any atom is -0.205 e. The first kappa shape index (κ1) is 19.2. The van der Waals surface area contributed by atoms with Gasteiger partial charge in [-0.15, -0.1) is 0 Å². The average molecular weight is 305 g/mol. The van der Waals surface area contributed by atoms with E-state index in [-0.39, 0.29) is 0 Å². The summed E-state index contributed by atoms with van der Waals surface area (Å²) in [6.07, 6.45) is 22.9. The van der Waals surface area contributed by atoms with E-state index in [1.807, 2.05) is 0 Å². The van der Waals surface area contributed by atoms with Gasteiger partial charge in [0.05, 0.1) is 0 Å². The van der Waals surface area contributed by atoms with Crippen LogP contribution in [-0.2, 0) is 13.0 Å². The molecule has 0 aliphatic heterocycles. The zero-order valence-corrected chi connectivity index (χ0v) is 15.2. The maximum absolute atomic E-state index is 2.30. The first-order chi connectivity index (χ1) is 10.9. The van der Waals surface area contributed by atoms with E-state index in [1.165, 1.54) is 89.0 Å². The van der Waals surface area contributed by atoms with Gasteiger partial charge < -0.3 is 0 Å². The van der Waals surface area contributed by atoms with Gasteiger partial charge in [0.1, 0.15) is 6.54 Å². The highest BCUT2D eigenvalue weighted by atomic mass is 14.9. The van der Waals surface area contributed by atoms with Gasteiger partial charge in [0, 0.05) is 11.6 Å². The molecule has 1 aromatic heterocycles. The molecule has 1 aromatic rings. The van der Waals surface area contributed by atoms with E-state index in [0.29, 0.717) is 0 Å². The Morgan fingerprint density at radius 3 is 1.82 bits per heavy atom. The fraction of sp³-hybridized carbons (Fsp3) is 0.762. The van der Waals surface area contributed by atoms with Crippen molar-refractivity contribution >= 4 is 0 Å². The molecule has 0 aromatic carbocycles. The van der Waals surface area contributed by atoms with Crippen LogP contribution in [0.25, 0.3) is 0 Å². The summed E-state index contributed by atoms with van der Waals surface area (Å²) in [7, 11) is 0. The fourth-order valence-corrected chi connectivity index (χ4v) is 3.09. The molecular formula is C21H38N+. The molecule has 22 heavy (non-hydrogen) atoms. The number of aryl methyl sites for hydroxylation is 2. The normalized spacial score (nSPS) is 11.0. The zero-order valence-electron chi connectivity index (χ0n) is 15.2. The van der Waals surface area contributed by atoms with E-state index in [9.17, 15) is 0 Å². The monoisotopic (exact) mass is 304 g/mol. The highest BCUT2D eigenvalue weighted by molar-refractivity contribution is 5.05. The van der Waals surface area contributed by atoms with Crippen LogP contribution in [0.3, 0.4) is 0 Å². The van der Waals surface area contributed by atoms with Crippen molar-refractivity contribution in [2.45, 2.75) is 104 Å². The van der Waals surface area contributed by atoms with Crippen molar-refractivity contribution in [3.8, 4) is 0 Å². The second-order valence-corrected chi connectivity index (χ2v) is 6.68. The van der Waals surface area contributed by atoms with Crippen LogP contribution in [-0.4, -0.2) is 0 Å². The summed E-state index contributed by atoms with van der Waals surface area (Å²) in [6.45, 7) is 5.57. The van der Waals surface area contributed by atoms with Gasteiger partial charge in [0.2, 0.25) is 0 Å². The molecule has 0 saturated carbocycles. The summed E-state index contributed by atoms with van der Waals surface area (Å²) >= 11 is 0. The summed E-state index contributed by atoms with van der Waals surface area (Å²) in [5, 5.41) is 0. The van der Waals surface area contributed by atoms with Crippen LogP contribution in [0.15, 0.2) is 24.5 Å². The van der Waals surface area contributed by atoms with Gasteiger partial charge in [-0.05, 0) is 25.8 Å². The summed E-state index contributed by atoms with van der Waals surface area (Å²) in [5.74, 6) is 0. The van der Waals surface area contributed by atoms with Crippen LogP contribution in [0.4, 0.5) is 0 Å². The third kappa shape index (κ3) is 9.97. The quantitative estimate of drug-likeness (QED) is 0.283. The number of aromatic nitrogens is 1. The molecule has 0 aliphatic carbocycles. The van der Waals surface area contributed by atoms with Crippen LogP contribution in [0.2, 0.25) is 0 Å². The Labute approximate surface area is 139 Å². The Balaban J connectivity index is 1.87. The first-order valence-electron chi connectivity index (χ1n) is 9.84. The lowest BCUT2D eigenvalue weighted by molar-refractivity contribution is -0.694. The molecule has 0 radical (unpaired) electrons. The third-order valence-electron chi connectivity index (χ3n) is 4.60. The maximum atomic E-state index is 2.30. The Morgan fingerprint density at radius 1 is 0.727 bits per heavy atom. The third-order valence-corrected chi connectivity index (χ3v) is 4.60. The number of pyridine rings is 1. The molecule has 0 unspecified atom stereocenters. The Hall–Kier alpha value is -0.850. The Kier molecular flexibility index (Phi) is 12.0. The molecule has 1 rings (SSSR count). The van der Waals surface area contributed by atoms with Crippen LogP contribution in [0.1, 0.15) is 96.5 Å². The lowest BCUT2D eigenvalue weighted by Crippen LogP contribution is -2.31. The highest BCUT2D eigenvalue weighted by Crippen LogP contribution is 2.12. The maximum Gasteiger partial charge on any atom is 0.171 e. The second kappa shape index (κ2) is 13.8. The first-order valence-corrected chi connectivity index (χ1v) is 9.84. The largest absolute Gasteiger partial charge is 0.205 e. The van der Waals surface area contributed by atoms with E-state index in [4.69, 9.17) is 0 Å². The summed E-state index contributed by atoms with van der Waals surface area (Å²) in [4.78, 5) is 0. The zero-order chi connectivity index (χ0) is 15.9. The molecule has 1 nitrogen and oxygen atoms in total. The summed E-state index contributed by atoms with van der Waals surface area (Å²) < 4.78 is 2.27. The molecule has 0 bridgehead atoms. The summed E-state index contributed by atoms with van der Waals surface area (Å²) in [6, 6.07) is 4.45. The molecule has 0 N–H and O–H groups in total. The molecule has 0 aliphatic rings. The predicted molar refractivity (Wildman–Crippen MR) is 97.1 cm³/mol. The van der Waals surface area contributed by atoms with E-state index in [1.54, 1.807) is 0 Å². The van der Waals surface area contributed by atoms with Gasteiger partial charge in [-0.1, -0.05) is 77.6 Å². The predicted octanol–water partition coefficient (Wildman–Crippen LogP) is 6.24. The lowest BCUT2D eigenvalue weighted by Gasteiger charge is -2.03. The van der Waals surface area contributed by atoms with Gasteiger partial charge >= 0.3 is 0 Å². The van der Waals surface area contributed by atoms with Crippen LogP contribution in [0.5, 0.6) is 0 Å². The smallest absolute Gasteiger partial charge is 0.171 e. The molecule has 0 atom stereocenters. The van der Waals surface area contributed by atoms with E-state index >= 15 is 0 Å². The lowest BCUT2D eigenvalue weighted by atomic mass is 10.0. The molecular weight excluding hydrogens is 266 g/mol. The topological polar surface area (TPSA) is 3.88 Å². The van der Waals surface area contributed by atoms with E-state index in [0.717, 1.165) is 6.54 Å². The number of rotatable bonds is 14. The Morgan fingerprint density at radius 2 is 1.27 bits per heavy atom. The van der Waals surface area contributed by atoms with Gasteiger partial charge in [0.15, 0.2) is 12.4 Å². The minimum atomic E-state index is 1.08. The van der Waals surface area contributed by atoms with Crippen molar-refractivity contribution in [1.82, 2.24) is 0 Å². The average Bonchev–Trinajstić information content (AvgIpc) is 2.56. The van der Waals surface area contributed by atoms with Gasteiger partial charge in [0.25, 0.3) is 0 Å². The van der Waals surface area contributed by atoms with Crippen LogP contribution >= 0.6 is 0 Å². The van der Waals surface area contributed by atoms with Gasteiger partial charge in [-0.3, -0.25) is 0 Å². The number of unbranched alkanes of at least 4 members (excludes halogenated alkanes) is 11. The van der Waals surface area contributed by atoms with Crippen LogP contribution < -0.4 is 4.57 Å². The minimum absolute atomic E-state index is 1.08. The van der Waals surface area contributed by atoms with Crippen molar-refractivity contribution in [3.05, 3.63) is 30.1 Å². The number of hydrogen-bond donors (Lipinski definition) is 0. The van der Waals surface area contributed by atoms with Gasteiger partial charge in [-0.25, -0.2) is 4.57 Å². The van der Waals surface area contributed by atoms with Crippen LogP contribution in [0, 0.1) is 0 Å². The van der Waals surface area contributed by atoms with Crippen molar-refractivity contribution in [3.63, 3.8) is 0 Å².